The molecule has 0 aliphatic carbocycles. The molecule has 1 atom stereocenters. The first-order valence-corrected chi connectivity index (χ1v) is 8.03. The monoisotopic (exact) mass is 340 g/mol. The van der Waals surface area contributed by atoms with E-state index in [0.717, 1.165) is 18.7 Å². The number of halogens is 1. The number of nitrogens with two attached hydrogens (primary N) is 1. The molecule has 3 aromatic rings. The van der Waals surface area contributed by atoms with Gasteiger partial charge in [0.05, 0.1) is 23.1 Å². The molecule has 0 spiro atoms. The number of aromatic nitrogens is 4. The Hall–Kier alpha value is -3.00. The Kier molecular flexibility index (Phi) is 3.81. The molecule has 7 nitrogen and oxygen atoms in total. The quantitative estimate of drug-likeness (QED) is 0.678. The predicted molar refractivity (Wildman–Crippen MR) is 90.5 cm³/mol. The summed E-state index contributed by atoms with van der Waals surface area (Å²) in [5.74, 6) is -0.252. The predicted octanol–water partition coefficient (Wildman–Crippen LogP) is 1.94. The molecule has 1 amide bonds. The average molecular weight is 340 g/mol. The largest absolute Gasteiger partial charge is 0.327 e. The van der Waals surface area contributed by atoms with E-state index >= 15 is 0 Å². The van der Waals surface area contributed by atoms with Crippen LogP contribution in [0.2, 0.25) is 0 Å². The SMILES string of the molecule is NC1CCn2ncc(C(=O)Nc3cc(-c4cccc(F)c4)[nH]n3)c2C1. The summed E-state index contributed by atoms with van der Waals surface area (Å²) in [5, 5.41) is 13.9. The topological polar surface area (TPSA) is 102 Å². The van der Waals surface area contributed by atoms with E-state index in [1.54, 1.807) is 24.4 Å². The van der Waals surface area contributed by atoms with Crippen molar-refractivity contribution >= 4 is 11.7 Å². The van der Waals surface area contributed by atoms with Crippen LogP contribution in [0.15, 0.2) is 36.5 Å². The van der Waals surface area contributed by atoms with Crippen molar-refractivity contribution in [3.63, 3.8) is 0 Å². The van der Waals surface area contributed by atoms with E-state index in [1.807, 2.05) is 4.68 Å². The van der Waals surface area contributed by atoms with Crippen LogP contribution in [0.3, 0.4) is 0 Å². The van der Waals surface area contributed by atoms with E-state index in [1.165, 1.54) is 12.1 Å². The van der Waals surface area contributed by atoms with Crippen LogP contribution >= 0.6 is 0 Å². The van der Waals surface area contributed by atoms with Crippen molar-refractivity contribution in [1.29, 1.82) is 0 Å². The highest BCUT2D eigenvalue weighted by Gasteiger charge is 2.23. The van der Waals surface area contributed by atoms with Crippen molar-refractivity contribution in [2.75, 3.05) is 5.32 Å². The second kappa shape index (κ2) is 6.14. The Morgan fingerprint density at radius 1 is 1.40 bits per heavy atom. The standard InChI is InChI=1S/C17H17FN6O/c18-11-3-1-2-10(6-11)14-8-16(23-22-14)21-17(25)13-9-20-24-5-4-12(19)7-15(13)24/h1-3,6,8-9,12H,4-5,7,19H2,(H2,21,22,23,25). The molecule has 25 heavy (non-hydrogen) atoms. The molecule has 1 aliphatic rings. The first kappa shape index (κ1) is 15.5. The van der Waals surface area contributed by atoms with Gasteiger partial charge in [0.15, 0.2) is 5.82 Å². The zero-order chi connectivity index (χ0) is 17.4. The number of nitrogens with one attached hydrogen (secondary N) is 2. The van der Waals surface area contributed by atoms with Crippen LogP contribution in [-0.2, 0) is 13.0 Å². The zero-order valence-corrected chi connectivity index (χ0v) is 13.4. The van der Waals surface area contributed by atoms with Crippen molar-refractivity contribution in [2.45, 2.75) is 25.4 Å². The van der Waals surface area contributed by atoms with Crippen molar-refractivity contribution in [1.82, 2.24) is 20.0 Å². The summed E-state index contributed by atoms with van der Waals surface area (Å²) < 4.78 is 15.1. The fourth-order valence-corrected chi connectivity index (χ4v) is 3.02. The Labute approximate surface area is 143 Å². The van der Waals surface area contributed by atoms with Crippen molar-refractivity contribution in [3.05, 3.63) is 53.6 Å². The number of aryl methyl sites for hydroxylation is 1. The summed E-state index contributed by atoms with van der Waals surface area (Å²) in [4.78, 5) is 12.5. The van der Waals surface area contributed by atoms with Crippen LogP contribution in [0, 0.1) is 5.82 Å². The molecule has 8 heteroatoms. The second-order valence-electron chi connectivity index (χ2n) is 6.11. The maximum Gasteiger partial charge on any atom is 0.260 e. The van der Waals surface area contributed by atoms with Gasteiger partial charge in [0.25, 0.3) is 5.91 Å². The first-order chi connectivity index (χ1) is 12.1. The molecule has 0 radical (unpaired) electrons. The minimum absolute atomic E-state index is 0.0423. The van der Waals surface area contributed by atoms with Gasteiger partial charge in [-0.05, 0) is 18.6 Å². The molecule has 1 aromatic carbocycles. The number of rotatable bonds is 3. The highest BCUT2D eigenvalue weighted by Crippen LogP contribution is 2.22. The molecule has 0 bridgehead atoms. The van der Waals surface area contributed by atoms with Crippen LogP contribution in [0.1, 0.15) is 22.5 Å². The number of carbonyl (C=O) groups excluding carboxylic acids is 1. The maximum atomic E-state index is 13.3. The summed E-state index contributed by atoms with van der Waals surface area (Å²) in [5.41, 5.74) is 8.61. The third kappa shape index (κ3) is 3.03. The lowest BCUT2D eigenvalue weighted by Crippen LogP contribution is -2.32. The Balaban J connectivity index is 1.53. The van der Waals surface area contributed by atoms with Crippen LogP contribution in [-0.4, -0.2) is 31.9 Å². The van der Waals surface area contributed by atoms with Gasteiger partial charge in [-0.2, -0.15) is 10.2 Å². The number of amides is 1. The fourth-order valence-electron chi connectivity index (χ4n) is 3.02. The van der Waals surface area contributed by atoms with Crippen molar-refractivity contribution in [3.8, 4) is 11.3 Å². The highest BCUT2D eigenvalue weighted by atomic mass is 19.1. The van der Waals surface area contributed by atoms with Gasteiger partial charge in [-0.1, -0.05) is 12.1 Å². The maximum absolute atomic E-state index is 13.3. The molecule has 1 aliphatic heterocycles. The molecular weight excluding hydrogens is 323 g/mol. The average Bonchev–Trinajstić information content (AvgIpc) is 3.21. The molecule has 0 saturated heterocycles. The number of H-pyrrole nitrogens is 1. The van der Waals surface area contributed by atoms with Crippen LogP contribution in [0.25, 0.3) is 11.3 Å². The van der Waals surface area contributed by atoms with Gasteiger partial charge < -0.3 is 11.1 Å². The van der Waals surface area contributed by atoms with Crippen LogP contribution in [0.5, 0.6) is 0 Å². The Morgan fingerprint density at radius 2 is 2.28 bits per heavy atom. The molecular formula is C17H17FN6O. The summed E-state index contributed by atoms with van der Waals surface area (Å²) in [6, 6.07) is 7.85. The third-order valence-corrected chi connectivity index (χ3v) is 4.32. The van der Waals surface area contributed by atoms with E-state index < -0.39 is 0 Å². The summed E-state index contributed by atoms with van der Waals surface area (Å²) in [6.45, 7) is 0.718. The van der Waals surface area contributed by atoms with E-state index in [2.05, 4.69) is 20.6 Å². The summed E-state index contributed by atoms with van der Waals surface area (Å²) >= 11 is 0. The van der Waals surface area contributed by atoms with Crippen LogP contribution in [0.4, 0.5) is 10.2 Å². The van der Waals surface area contributed by atoms with Gasteiger partial charge in [0.2, 0.25) is 0 Å². The van der Waals surface area contributed by atoms with Gasteiger partial charge in [-0.3, -0.25) is 14.6 Å². The van der Waals surface area contributed by atoms with Gasteiger partial charge in [0, 0.05) is 30.6 Å². The van der Waals surface area contributed by atoms with Crippen molar-refractivity contribution in [2.24, 2.45) is 5.73 Å². The second-order valence-corrected chi connectivity index (χ2v) is 6.11. The molecule has 4 N–H and O–H groups in total. The summed E-state index contributed by atoms with van der Waals surface area (Å²) in [7, 11) is 0. The van der Waals surface area contributed by atoms with Gasteiger partial charge in [-0.15, -0.1) is 0 Å². The van der Waals surface area contributed by atoms with Gasteiger partial charge in [0.1, 0.15) is 5.82 Å². The first-order valence-electron chi connectivity index (χ1n) is 8.03. The lowest BCUT2D eigenvalue weighted by Gasteiger charge is -2.20. The number of benzene rings is 1. The van der Waals surface area contributed by atoms with E-state index in [0.29, 0.717) is 29.1 Å². The van der Waals surface area contributed by atoms with E-state index in [-0.39, 0.29) is 17.8 Å². The number of anilines is 1. The number of carbonyl (C=O) groups is 1. The smallest absolute Gasteiger partial charge is 0.260 e. The van der Waals surface area contributed by atoms with Crippen molar-refractivity contribution < 1.29 is 9.18 Å². The normalized spacial score (nSPS) is 16.5. The van der Waals surface area contributed by atoms with Gasteiger partial charge in [-0.25, -0.2) is 4.39 Å². The lowest BCUT2D eigenvalue weighted by atomic mass is 10.0. The van der Waals surface area contributed by atoms with Crippen LogP contribution < -0.4 is 11.1 Å². The highest BCUT2D eigenvalue weighted by molar-refractivity contribution is 6.04. The molecule has 128 valence electrons. The zero-order valence-electron chi connectivity index (χ0n) is 13.4. The number of fused-ring (bicyclic) bond motifs is 1. The number of nitrogens with zero attached hydrogens (tertiary/aromatic N) is 3. The fraction of sp³-hybridized carbons (Fsp3) is 0.235. The molecule has 3 heterocycles. The number of hydrogen-bond donors (Lipinski definition) is 3. The lowest BCUT2D eigenvalue weighted by molar-refractivity contribution is 0.102. The van der Waals surface area contributed by atoms with Gasteiger partial charge >= 0.3 is 0 Å². The Morgan fingerprint density at radius 3 is 3.12 bits per heavy atom. The molecule has 0 fully saturated rings. The van der Waals surface area contributed by atoms with E-state index in [4.69, 9.17) is 5.73 Å². The van der Waals surface area contributed by atoms with E-state index in [9.17, 15) is 9.18 Å². The molecule has 1 unspecified atom stereocenters. The third-order valence-electron chi connectivity index (χ3n) is 4.32. The molecule has 2 aromatic heterocycles. The summed E-state index contributed by atoms with van der Waals surface area (Å²) in [6.07, 6.45) is 3.03. The Bertz CT molecular complexity index is 931. The minimum Gasteiger partial charge on any atom is -0.327 e. The number of aromatic amines is 1. The number of hydrogen-bond acceptors (Lipinski definition) is 4. The molecule has 0 saturated carbocycles. The minimum atomic E-state index is -0.333. The molecule has 4 rings (SSSR count).